The molecule has 7 nitrogen and oxygen atoms in total. The first-order valence-electron chi connectivity index (χ1n) is 9.24. The Balaban J connectivity index is 1.82. The van der Waals surface area contributed by atoms with Crippen molar-refractivity contribution in [2.24, 2.45) is 0 Å². The number of benzene rings is 1. The van der Waals surface area contributed by atoms with E-state index in [4.69, 9.17) is 9.47 Å². The molecule has 1 aromatic rings. The van der Waals surface area contributed by atoms with Crippen molar-refractivity contribution in [3.63, 3.8) is 0 Å². The fraction of sp³-hybridized carbons (Fsp3) is 0.579. The molecule has 1 amide bonds. The normalized spacial score (nSPS) is 23.5. The lowest BCUT2D eigenvalue weighted by atomic mass is 10.1. The van der Waals surface area contributed by atoms with Crippen LogP contribution in [0.5, 0.6) is 0 Å². The van der Waals surface area contributed by atoms with Crippen molar-refractivity contribution < 1.29 is 19.1 Å². The molecule has 3 rings (SSSR count). The number of esters is 1. The number of carbonyl (C=O) groups is 2. The van der Waals surface area contributed by atoms with E-state index in [2.05, 4.69) is 10.2 Å². The highest BCUT2D eigenvalue weighted by Crippen LogP contribution is 2.33. The van der Waals surface area contributed by atoms with Crippen molar-refractivity contribution in [1.29, 1.82) is 0 Å². The molecular weight excluding hydrogens is 334 g/mol. The van der Waals surface area contributed by atoms with Crippen LogP contribution in [-0.2, 0) is 19.1 Å². The van der Waals surface area contributed by atoms with Gasteiger partial charge in [0.1, 0.15) is 6.04 Å². The SMILES string of the molecule is CCOC(=O)C1CC(C)N(C(=O)CN2CCOCC2)c2ccccc2N1. The highest BCUT2D eigenvalue weighted by Gasteiger charge is 2.34. The van der Waals surface area contributed by atoms with E-state index in [1.807, 2.05) is 36.1 Å². The minimum Gasteiger partial charge on any atom is -0.464 e. The Morgan fingerprint density at radius 3 is 2.73 bits per heavy atom. The zero-order chi connectivity index (χ0) is 18.5. The standard InChI is InChI=1S/C19H27N3O4/c1-3-26-19(24)16-12-14(2)22(17-7-5-4-6-15(17)20-16)18(23)13-21-8-10-25-11-9-21/h4-7,14,16,20H,3,8-13H2,1-2H3. The lowest BCUT2D eigenvalue weighted by Crippen LogP contribution is -2.48. The molecule has 1 N–H and O–H groups in total. The number of hydrogen-bond acceptors (Lipinski definition) is 6. The Labute approximate surface area is 154 Å². The maximum absolute atomic E-state index is 13.1. The number of hydrogen-bond donors (Lipinski definition) is 1. The number of nitrogens with one attached hydrogen (secondary N) is 1. The Bertz CT molecular complexity index is 645. The highest BCUT2D eigenvalue weighted by atomic mass is 16.5. The van der Waals surface area contributed by atoms with Crippen molar-refractivity contribution in [2.75, 3.05) is 49.7 Å². The average molecular weight is 361 g/mol. The van der Waals surface area contributed by atoms with Gasteiger partial charge in [-0.05, 0) is 32.4 Å². The van der Waals surface area contributed by atoms with Gasteiger partial charge in [-0.2, -0.15) is 0 Å². The third kappa shape index (κ3) is 4.16. The maximum Gasteiger partial charge on any atom is 0.328 e. The summed E-state index contributed by atoms with van der Waals surface area (Å²) in [6, 6.07) is 7.04. The second kappa shape index (κ2) is 8.51. The third-order valence-electron chi connectivity index (χ3n) is 4.81. The van der Waals surface area contributed by atoms with E-state index in [0.29, 0.717) is 32.8 Å². The number of carbonyl (C=O) groups excluding carboxylic acids is 2. The number of fused-ring (bicyclic) bond motifs is 1. The molecule has 0 saturated carbocycles. The van der Waals surface area contributed by atoms with Crippen LogP contribution < -0.4 is 10.2 Å². The number of para-hydroxylation sites is 2. The summed E-state index contributed by atoms with van der Waals surface area (Å²) in [6.07, 6.45) is 0.502. The number of ether oxygens (including phenoxy) is 2. The molecule has 142 valence electrons. The topological polar surface area (TPSA) is 71.1 Å². The maximum atomic E-state index is 13.1. The molecule has 2 aliphatic heterocycles. The first-order valence-corrected chi connectivity index (χ1v) is 9.24. The predicted octanol–water partition coefficient (Wildman–Crippen LogP) is 1.49. The molecule has 2 unspecified atom stereocenters. The third-order valence-corrected chi connectivity index (χ3v) is 4.81. The van der Waals surface area contributed by atoms with Crippen molar-refractivity contribution in [1.82, 2.24) is 4.90 Å². The lowest BCUT2D eigenvalue weighted by molar-refractivity contribution is -0.144. The van der Waals surface area contributed by atoms with Crippen LogP contribution in [0.25, 0.3) is 0 Å². The highest BCUT2D eigenvalue weighted by molar-refractivity contribution is 5.99. The largest absolute Gasteiger partial charge is 0.464 e. The summed E-state index contributed by atoms with van der Waals surface area (Å²) in [5.74, 6) is -0.241. The number of anilines is 2. The molecule has 2 heterocycles. The number of morpholine rings is 1. The summed E-state index contributed by atoms with van der Waals surface area (Å²) in [5, 5.41) is 3.26. The second-order valence-electron chi connectivity index (χ2n) is 6.70. The van der Waals surface area contributed by atoms with Gasteiger partial charge < -0.3 is 19.7 Å². The summed E-state index contributed by atoms with van der Waals surface area (Å²) in [4.78, 5) is 29.3. The smallest absolute Gasteiger partial charge is 0.328 e. The number of amides is 1. The van der Waals surface area contributed by atoms with Gasteiger partial charge in [0, 0.05) is 19.1 Å². The molecule has 0 radical (unpaired) electrons. The van der Waals surface area contributed by atoms with E-state index >= 15 is 0 Å². The van der Waals surface area contributed by atoms with Crippen LogP contribution >= 0.6 is 0 Å². The molecular formula is C19H27N3O4. The van der Waals surface area contributed by atoms with E-state index < -0.39 is 6.04 Å². The van der Waals surface area contributed by atoms with Crippen molar-refractivity contribution in [2.45, 2.75) is 32.4 Å². The Kier molecular flexibility index (Phi) is 6.11. The van der Waals surface area contributed by atoms with E-state index in [0.717, 1.165) is 24.5 Å². The minimum atomic E-state index is -0.465. The van der Waals surface area contributed by atoms with Gasteiger partial charge in [0.15, 0.2) is 0 Å². The van der Waals surface area contributed by atoms with E-state index in [1.54, 1.807) is 6.92 Å². The Morgan fingerprint density at radius 1 is 1.27 bits per heavy atom. The summed E-state index contributed by atoms with van der Waals surface area (Å²) < 4.78 is 10.6. The number of rotatable bonds is 4. The van der Waals surface area contributed by atoms with Gasteiger partial charge in [-0.25, -0.2) is 4.79 Å². The zero-order valence-electron chi connectivity index (χ0n) is 15.4. The first-order chi connectivity index (χ1) is 12.6. The van der Waals surface area contributed by atoms with Gasteiger partial charge in [0.2, 0.25) is 5.91 Å². The summed E-state index contributed by atoms with van der Waals surface area (Å²) in [5.41, 5.74) is 1.59. The molecule has 26 heavy (non-hydrogen) atoms. The lowest BCUT2D eigenvalue weighted by Gasteiger charge is -2.32. The van der Waals surface area contributed by atoms with Gasteiger partial charge in [-0.3, -0.25) is 9.69 Å². The summed E-state index contributed by atoms with van der Waals surface area (Å²) >= 11 is 0. The monoisotopic (exact) mass is 361 g/mol. The minimum absolute atomic E-state index is 0.0400. The summed E-state index contributed by atoms with van der Waals surface area (Å²) in [6.45, 7) is 7.31. The Morgan fingerprint density at radius 2 is 2.00 bits per heavy atom. The van der Waals surface area contributed by atoms with Crippen molar-refractivity contribution in [3.8, 4) is 0 Å². The van der Waals surface area contributed by atoms with Gasteiger partial charge in [0.25, 0.3) is 0 Å². The van der Waals surface area contributed by atoms with Gasteiger partial charge >= 0.3 is 5.97 Å². The van der Waals surface area contributed by atoms with Crippen molar-refractivity contribution in [3.05, 3.63) is 24.3 Å². The molecule has 0 bridgehead atoms. The molecule has 0 aliphatic carbocycles. The van der Waals surface area contributed by atoms with Gasteiger partial charge in [-0.1, -0.05) is 12.1 Å². The Hall–Kier alpha value is -2.12. The zero-order valence-corrected chi connectivity index (χ0v) is 15.4. The predicted molar refractivity (Wildman–Crippen MR) is 99.3 cm³/mol. The molecule has 1 aromatic carbocycles. The molecule has 7 heteroatoms. The van der Waals surface area contributed by atoms with E-state index in [1.165, 1.54) is 0 Å². The van der Waals surface area contributed by atoms with Gasteiger partial charge in [-0.15, -0.1) is 0 Å². The number of nitrogens with zero attached hydrogens (tertiary/aromatic N) is 2. The molecule has 2 aliphatic rings. The quantitative estimate of drug-likeness (QED) is 0.820. The second-order valence-corrected chi connectivity index (χ2v) is 6.70. The van der Waals surface area contributed by atoms with Crippen LogP contribution in [0.15, 0.2) is 24.3 Å². The van der Waals surface area contributed by atoms with Crippen LogP contribution in [0.2, 0.25) is 0 Å². The van der Waals surface area contributed by atoms with Crippen LogP contribution in [-0.4, -0.2) is 68.3 Å². The molecule has 0 aromatic heterocycles. The van der Waals surface area contributed by atoms with Crippen molar-refractivity contribution >= 4 is 23.3 Å². The van der Waals surface area contributed by atoms with E-state index in [-0.39, 0.29) is 17.9 Å². The molecule has 2 atom stereocenters. The molecule has 1 fully saturated rings. The van der Waals surface area contributed by atoms with Crippen LogP contribution in [0, 0.1) is 0 Å². The average Bonchev–Trinajstić information content (AvgIpc) is 2.78. The fourth-order valence-electron chi connectivity index (χ4n) is 3.54. The molecule has 1 saturated heterocycles. The molecule has 0 spiro atoms. The summed E-state index contributed by atoms with van der Waals surface area (Å²) in [7, 11) is 0. The fourth-order valence-corrected chi connectivity index (χ4v) is 3.54. The van der Waals surface area contributed by atoms with E-state index in [9.17, 15) is 9.59 Å². The van der Waals surface area contributed by atoms with Gasteiger partial charge in [0.05, 0.1) is 37.7 Å². The van der Waals surface area contributed by atoms with Crippen LogP contribution in [0.4, 0.5) is 11.4 Å². The first kappa shape index (κ1) is 18.7. The van der Waals surface area contributed by atoms with Crippen LogP contribution in [0.3, 0.4) is 0 Å². The van der Waals surface area contributed by atoms with Crippen LogP contribution in [0.1, 0.15) is 20.3 Å².